The van der Waals surface area contributed by atoms with E-state index in [1.807, 2.05) is 12.1 Å². The second-order valence-corrected chi connectivity index (χ2v) is 7.46. The van der Waals surface area contributed by atoms with Crippen molar-refractivity contribution >= 4 is 0 Å². The maximum atomic E-state index is 11.3. The standard InChI is InChI=1S/C22H27NO2/c1-25-21-8-6-18(7-9-21)19-11-14-23(15-12-19)22(24)13-10-17-4-2-3-5-20(17)16-22/h2-9,19,24H,10-16H2,1H3/t22-/m1/s1. The zero-order valence-electron chi connectivity index (χ0n) is 14.9. The minimum absolute atomic E-state index is 0.585. The number of benzene rings is 2. The molecule has 2 aliphatic rings. The molecule has 1 aliphatic carbocycles. The lowest BCUT2D eigenvalue weighted by Gasteiger charge is -2.46. The van der Waals surface area contributed by atoms with E-state index < -0.39 is 5.72 Å². The summed E-state index contributed by atoms with van der Waals surface area (Å²) in [4.78, 5) is 2.32. The van der Waals surface area contributed by atoms with Crippen molar-refractivity contribution in [2.75, 3.05) is 20.2 Å². The van der Waals surface area contributed by atoms with Crippen LogP contribution in [-0.4, -0.2) is 35.9 Å². The highest BCUT2D eigenvalue weighted by atomic mass is 16.5. The van der Waals surface area contributed by atoms with Crippen LogP contribution in [0.5, 0.6) is 5.75 Å². The monoisotopic (exact) mass is 337 g/mol. The van der Waals surface area contributed by atoms with Crippen LogP contribution in [0.2, 0.25) is 0 Å². The van der Waals surface area contributed by atoms with E-state index in [0.717, 1.165) is 50.9 Å². The summed E-state index contributed by atoms with van der Waals surface area (Å²) < 4.78 is 5.25. The van der Waals surface area contributed by atoms with Crippen molar-refractivity contribution < 1.29 is 9.84 Å². The number of hydrogen-bond acceptors (Lipinski definition) is 3. The maximum Gasteiger partial charge on any atom is 0.122 e. The van der Waals surface area contributed by atoms with Crippen molar-refractivity contribution in [3.05, 3.63) is 65.2 Å². The molecule has 0 unspecified atom stereocenters. The summed E-state index contributed by atoms with van der Waals surface area (Å²) in [6.45, 7) is 1.94. The van der Waals surface area contributed by atoms with Gasteiger partial charge in [0, 0.05) is 19.5 Å². The molecule has 3 heteroatoms. The lowest BCUT2D eigenvalue weighted by molar-refractivity contribution is -0.126. The summed E-state index contributed by atoms with van der Waals surface area (Å²) >= 11 is 0. The van der Waals surface area contributed by atoms with Crippen LogP contribution in [0.25, 0.3) is 0 Å². The predicted molar refractivity (Wildman–Crippen MR) is 100.0 cm³/mol. The van der Waals surface area contributed by atoms with Crippen LogP contribution in [0.4, 0.5) is 0 Å². The van der Waals surface area contributed by atoms with Crippen molar-refractivity contribution in [1.29, 1.82) is 0 Å². The molecule has 132 valence electrons. The highest BCUT2D eigenvalue weighted by Crippen LogP contribution is 2.36. The smallest absolute Gasteiger partial charge is 0.122 e. The molecule has 0 amide bonds. The fraction of sp³-hybridized carbons (Fsp3) is 0.455. The Morgan fingerprint density at radius 3 is 2.36 bits per heavy atom. The Bertz CT molecular complexity index is 719. The molecule has 1 heterocycles. The van der Waals surface area contributed by atoms with Crippen LogP contribution >= 0.6 is 0 Å². The zero-order valence-corrected chi connectivity index (χ0v) is 14.9. The minimum Gasteiger partial charge on any atom is -0.497 e. The summed E-state index contributed by atoms with van der Waals surface area (Å²) in [6.07, 6.45) is 4.80. The first kappa shape index (κ1) is 16.6. The quantitative estimate of drug-likeness (QED) is 0.926. The Morgan fingerprint density at radius 2 is 1.68 bits per heavy atom. The van der Waals surface area contributed by atoms with Crippen LogP contribution < -0.4 is 4.74 Å². The van der Waals surface area contributed by atoms with Crippen molar-refractivity contribution in [2.24, 2.45) is 0 Å². The number of likely N-dealkylation sites (tertiary alicyclic amines) is 1. The van der Waals surface area contributed by atoms with Gasteiger partial charge in [0.1, 0.15) is 11.5 Å². The van der Waals surface area contributed by atoms with Crippen LogP contribution in [0, 0.1) is 0 Å². The number of rotatable bonds is 3. The number of fused-ring (bicyclic) bond motifs is 1. The van der Waals surface area contributed by atoms with E-state index >= 15 is 0 Å². The first-order valence-corrected chi connectivity index (χ1v) is 9.36. The van der Waals surface area contributed by atoms with Gasteiger partial charge in [-0.05, 0) is 60.4 Å². The fourth-order valence-corrected chi connectivity index (χ4v) is 4.48. The molecular weight excluding hydrogens is 310 g/mol. The summed E-state index contributed by atoms with van der Waals surface area (Å²) in [5.74, 6) is 1.50. The molecule has 3 nitrogen and oxygen atoms in total. The van der Waals surface area contributed by atoms with E-state index in [4.69, 9.17) is 4.74 Å². The number of nitrogens with zero attached hydrogens (tertiary/aromatic N) is 1. The van der Waals surface area contributed by atoms with Crippen LogP contribution in [0.3, 0.4) is 0 Å². The molecule has 1 aliphatic heterocycles. The lowest BCUT2D eigenvalue weighted by Crippen LogP contribution is -2.54. The van der Waals surface area contributed by atoms with E-state index in [0.29, 0.717) is 5.92 Å². The Kier molecular flexibility index (Phi) is 4.53. The second kappa shape index (κ2) is 6.81. The third-order valence-electron chi connectivity index (χ3n) is 6.06. The van der Waals surface area contributed by atoms with Crippen molar-refractivity contribution in [3.63, 3.8) is 0 Å². The van der Waals surface area contributed by atoms with Gasteiger partial charge in [0.15, 0.2) is 0 Å². The van der Waals surface area contributed by atoms with Gasteiger partial charge in [0.05, 0.1) is 7.11 Å². The average molecular weight is 337 g/mol. The first-order chi connectivity index (χ1) is 12.2. The van der Waals surface area contributed by atoms with Crippen LogP contribution in [0.15, 0.2) is 48.5 Å². The number of ether oxygens (including phenoxy) is 1. The van der Waals surface area contributed by atoms with Gasteiger partial charge in [0.25, 0.3) is 0 Å². The first-order valence-electron chi connectivity index (χ1n) is 9.36. The maximum absolute atomic E-state index is 11.3. The molecule has 0 aromatic heterocycles. The van der Waals surface area contributed by atoms with Gasteiger partial charge in [-0.15, -0.1) is 0 Å². The van der Waals surface area contributed by atoms with E-state index in [2.05, 4.69) is 41.3 Å². The average Bonchev–Trinajstić information content (AvgIpc) is 2.68. The van der Waals surface area contributed by atoms with Crippen molar-refractivity contribution in [2.45, 2.75) is 43.7 Å². The molecule has 0 radical (unpaired) electrons. The SMILES string of the molecule is COc1ccc(C2CCN([C@@]3(O)CCc4ccccc4C3)CC2)cc1. The van der Waals surface area contributed by atoms with Gasteiger partial charge in [-0.25, -0.2) is 0 Å². The van der Waals surface area contributed by atoms with Gasteiger partial charge < -0.3 is 9.84 Å². The molecule has 4 rings (SSSR count). The van der Waals surface area contributed by atoms with E-state index in [9.17, 15) is 5.11 Å². The lowest BCUT2D eigenvalue weighted by atomic mass is 9.82. The van der Waals surface area contributed by atoms with Gasteiger partial charge in [-0.3, -0.25) is 4.90 Å². The normalized spacial score (nSPS) is 24.7. The third kappa shape index (κ3) is 3.31. The summed E-state index contributed by atoms with van der Waals surface area (Å²) in [5, 5.41) is 11.3. The molecular formula is C22H27NO2. The van der Waals surface area contributed by atoms with Crippen LogP contribution in [-0.2, 0) is 12.8 Å². The van der Waals surface area contributed by atoms with E-state index in [1.54, 1.807) is 7.11 Å². The summed E-state index contributed by atoms with van der Waals surface area (Å²) in [5.41, 5.74) is 3.44. The Balaban J connectivity index is 1.41. The highest BCUT2D eigenvalue weighted by molar-refractivity contribution is 5.32. The minimum atomic E-state index is -0.667. The zero-order chi connectivity index (χ0) is 17.3. The largest absolute Gasteiger partial charge is 0.497 e. The number of piperidine rings is 1. The third-order valence-corrected chi connectivity index (χ3v) is 6.06. The number of hydrogen-bond donors (Lipinski definition) is 1. The van der Waals surface area contributed by atoms with Gasteiger partial charge >= 0.3 is 0 Å². The summed E-state index contributed by atoms with van der Waals surface area (Å²) in [6, 6.07) is 17.0. The highest BCUT2D eigenvalue weighted by Gasteiger charge is 2.39. The Morgan fingerprint density at radius 1 is 1.00 bits per heavy atom. The number of methoxy groups -OCH3 is 1. The Labute approximate surface area is 150 Å². The van der Waals surface area contributed by atoms with Gasteiger partial charge in [-0.2, -0.15) is 0 Å². The molecule has 25 heavy (non-hydrogen) atoms. The molecule has 1 N–H and O–H groups in total. The molecule has 0 spiro atoms. The van der Waals surface area contributed by atoms with E-state index in [-0.39, 0.29) is 0 Å². The molecule has 1 saturated heterocycles. The molecule has 1 atom stereocenters. The molecule has 0 bridgehead atoms. The number of aryl methyl sites for hydroxylation is 1. The molecule has 2 aromatic rings. The molecule has 0 saturated carbocycles. The number of aliphatic hydroxyl groups is 1. The molecule has 2 aromatic carbocycles. The Hall–Kier alpha value is -1.84. The van der Waals surface area contributed by atoms with Crippen LogP contribution in [0.1, 0.15) is 41.9 Å². The predicted octanol–water partition coefficient (Wildman–Crippen LogP) is 3.75. The molecule has 1 fully saturated rings. The second-order valence-electron chi connectivity index (χ2n) is 7.46. The van der Waals surface area contributed by atoms with Crippen molar-refractivity contribution in [3.8, 4) is 5.75 Å². The van der Waals surface area contributed by atoms with E-state index in [1.165, 1.54) is 16.7 Å². The van der Waals surface area contributed by atoms with Gasteiger partial charge in [-0.1, -0.05) is 36.4 Å². The fourth-order valence-electron chi connectivity index (χ4n) is 4.48. The van der Waals surface area contributed by atoms with Crippen molar-refractivity contribution in [1.82, 2.24) is 4.90 Å². The topological polar surface area (TPSA) is 32.7 Å². The van der Waals surface area contributed by atoms with Gasteiger partial charge in [0.2, 0.25) is 0 Å². The summed E-state index contributed by atoms with van der Waals surface area (Å²) in [7, 11) is 1.70.